The number of para-hydroxylation sites is 1. The van der Waals surface area contributed by atoms with Gasteiger partial charge in [0.15, 0.2) is 0 Å². The highest BCUT2D eigenvalue weighted by atomic mass is 32.2. The molecule has 0 aliphatic rings. The first-order chi connectivity index (χ1) is 14.3. The van der Waals surface area contributed by atoms with Crippen molar-refractivity contribution >= 4 is 33.2 Å². The third-order valence-corrected chi connectivity index (χ3v) is 5.95. The van der Waals surface area contributed by atoms with E-state index in [0.717, 1.165) is 28.6 Å². The van der Waals surface area contributed by atoms with E-state index in [-0.39, 0.29) is 16.1 Å². The summed E-state index contributed by atoms with van der Waals surface area (Å²) in [5, 5.41) is 2.56. The molecule has 0 saturated carbocycles. The fraction of sp³-hybridized carbons (Fsp3) is 0.0476. The summed E-state index contributed by atoms with van der Waals surface area (Å²) in [5.41, 5.74) is 6.00. The van der Waals surface area contributed by atoms with Gasteiger partial charge in [0.1, 0.15) is 12.4 Å². The zero-order chi connectivity index (χ0) is 21.7. The lowest BCUT2D eigenvalue weighted by Crippen LogP contribution is -2.38. The molecule has 0 aliphatic carbocycles. The average molecular weight is 427 g/mol. The van der Waals surface area contributed by atoms with Gasteiger partial charge in [0, 0.05) is 11.3 Å². The number of primary amides is 1. The standard InChI is InChI=1S/C21H18FN3O4S/c22-16-9-11-19(12-10-16)30(28,29)25(18-7-2-1-3-8-18)14-20(26)24-17-6-4-5-15(13-17)21(23)27/h1-13H,14H2,(H2,23,27)(H,24,26). The SMILES string of the molecule is NC(=O)c1cccc(NC(=O)CN(c2ccccc2)S(=O)(=O)c2ccc(F)cc2)c1. The summed E-state index contributed by atoms with van der Waals surface area (Å²) < 4.78 is 40.4. The fourth-order valence-electron chi connectivity index (χ4n) is 2.72. The van der Waals surface area contributed by atoms with Gasteiger partial charge in [0.05, 0.1) is 10.6 Å². The van der Waals surface area contributed by atoms with Gasteiger partial charge < -0.3 is 11.1 Å². The number of hydrogen-bond acceptors (Lipinski definition) is 4. The molecule has 0 heterocycles. The van der Waals surface area contributed by atoms with Crippen molar-refractivity contribution in [3.8, 4) is 0 Å². The molecule has 0 radical (unpaired) electrons. The topological polar surface area (TPSA) is 110 Å². The fourth-order valence-corrected chi connectivity index (χ4v) is 4.15. The Balaban J connectivity index is 1.90. The van der Waals surface area contributed by atoms with E-state index in [1.54, 1.807) is 42.5 Å². The highest BCUT2D eigenvalue weighted by Crippen LogP contribution is 2.24. The average Bonchev–Trinajstić information content (AvgIpc) is 2.73. The molecule has 0 aromatic heterocycles. The third kappa shape index (κ3) is 4.81. The summed E-state index contributed by atoms with van der Waals surface area (Å²) in [5.74, 6) is -1.87. The van der Waals surface area contributed by atoms with Gasteiger partial charge in [-0.3, -0.25) is 13.9 Å². The second kappa shape index (κ2) is 8.75. The van der Waals surface area contributed by atoms with Crippen LogP contribution in [0.3, 0.4) is 0 Å². The van der Waals surface area contributed by atoms with Gasteiger partial charge in [-0.15, -0.1) is 0 Å². The van der Waals surface area contributed by atoms with Crippen LogP contribution in [-0.2, 0) is 14.8 Å². The summed E-state index contributed by atoms with van der Waals surface area (Å²) in [6.07, 6.45) is 0. The number of benzene rings is 3. The van der Waals surface area contributed by atoms with E-state index in [1.807, 2.05) is 0 Å². The van der Waals surface area contributed by atoms with Crippen molar-refractivity contribution in [3.63, 3.8) is 0 Å². The highest BCUT2D eigenvalue weighted by molar-refractivity contribution is 7.92. The van der Waals surface area contributed by atoms with Crippen LogP contribution in [0.15, 0.2) is 83.8 Å². The van der Waals surface area contributed by atoms with Crippen LogP contribution in [0.25, 0.3) is 0 Å². The first-order valence-corrected chi connectivity index (χ1v) is 10.2. The molecule has 7 nitrogen and oxygen atoms in total. The Hall–Kier alpha value is -3.72. The number of nitrogens with one attached hydrogen (secondary N) is 1. The van der Waals surface area contributed by atoms with E-state index in [9.17, 15) is 22.4 Å². The summed E-state index contributed by atoms with van der Waals surface area (Å²) in [4.78, 5) is 23.8. The molecule has 154 valence electrons. The Morgan fingerprint density at radius 1 is 0.933 bits per heavy atom. The van der Waals surface area contributed by atoms with Crippen LogP contribution in [0, 0.1) is 5.82 Å². The summed E-state index contributed by atoms with van der Waals surface area (Å²) >= 11 is 0. The minimum atomic E-state index is -4.15. The molecule has 3 aromatic carbocycles. The Kier molecular flexibility index (Phi) is 6.12. The van der Waals surface area contributed by atoms with Crippen LogP contribution < -0.4 is 15.4 Å². The Morgan fingerprint density at radius 3 is 2.23 bits per heavy atom. The zero-order valence-electron chi connectivity index (χ0n) is 15.7. The van der Waals surface area contributed by atoms with Crippen molar-refractivity contribution in [2.45, 2.75) is 4.90 Å². The van der Waals surface area contributed by atoms with Gasteiger partial charge in [-0.05, 0) is 54.6 Å². The van der Waals surface area contributed by atoms with E-state index < -0.39 is 34.2 Å². The van der Waals surface area contributed by atoms with Crippen LogP contribution in [0.5, 0.6) is 0 Å². The first kappa shape index (κ1) is 21.0. The Morgan fingerprint density at radius 2 is 1.60 bits per heavy atom. The molecular weight excluding hydrogens is 409 g/mol. The lowest BCUT2D eigenvalue weighted by Gasteiger charge is -2.24. The normalized spacial score (nSPS) is 11.0. The summed E-state index contributed by atoms with van der Waals surface area (Å²) in [6.45, 7) is -0.537. The predicted molar refractivity (Wildman–Crippen MR) is 111 cm³/mol. The zero-order valence-corrected chi connectivity index (χ0v) is 16.5. The number of hydrogen-bond donors (Lipinski definition) is 2. The van der Waals surface area contributed by atoms with E-state index in [4.69, 9.17) is 5.73 Å². The molecule has 2 amide bonds. The van der Waals surface area contributed by atoms with Gasteiger partial charge in [-0.25, -0.2) is 12.8 Å². The molecule has 9 heteroatoms. The molecule has 3 rings (SSSR count). The van der Waals surface area contributed by atoms with Crippen LogP contribution in [0.1, 0.15) is 10.4 Å². The smallest absolute Gasteiger partial charge is 0.264 e. The largest absolute Gasteiger partial charge is 0.366 e. The minimum Gasteiger partial charge on any atom is -0.366 e. The number of amides is 2. The molecule has 30 heavy (non-hydrogen) atoms. The van der Waals surface area contributed by atoms with E-state index >= 15 is 0 Å². The lowest BCUT2D eigenvalue weighted by molar-refractivity contribution is -0.114. The predicted octanol–water partition coefficient (Wildman–Crippen LogP) is 2.76. The number of carbonyl (C=O) groups excluding carboxylic acids is 2. The maximum Gasteiger partial charge on any atom is 0.264 e. The Labute approximate surface area is 173 Å². The second-order valence-electron chi connectivity index (χ2n) is 6.29. The molecule has 0 unspecified atom stereocenters. The van der Waals surface area contributed by atoms with Crippen LogP contribution >= 0.6 is 0 Å². The van der Waals surface area contributed by atoms with Crippen molar-refractivity contribution < 1.29 is 22.4 Å². The molecular formula is C21H18FN3O4S. The van der Waals surface area contributed by atoms with Gasteiger partial charge >= 0.3 is 0 Å². The van der Waals surface area contributed by atoms with Gasteiger partial charge in [-0.1, -0.05) is 24.3 Å². The molecule has 0 atom stereocenters. The summed E-state index contributed by atoms with van der Waals surface area (Å²) in [6, 6.07) is 18.4. The molecule has 3 aromatic rings. The molecule has 0 aliphatic heterocycles. The van der Waals surface area contributed by atoms with Crippen molar-refractivity contribution in [1.29, 1.82) is 0 Å². The molecule has 0 fully saturated rings. The highest BCUT2D eigenvalue weighted by Gasteiger charge is 2.27. The number of nitrogens with zero attached hydrogens (tertiary/aromatic N) is 1. The van der Waals surface area contributed by atoms with E-state index in [1.165, 1.54) is 12.1 Å². The maximum atomic E-state index is 13.2. The van der Waals surface area contributed by atoms with Gasteiger partial charge in [-0.2, -0.15) is 0 Å². The van der Waals surface area contributed by atoms with E-state index in [0.29, 0.717) is 5.69 Å². The van der Waals surface area contributed by atoms with Crippen LogP contribution in [0.2, 0.25) is 0 Å². The van der Waals surface area contributed by atoms with Crippen molar-refractivity contribution in [2.24, 2.45) is 5.73 Å². The van der Waals surface area contributed by atoms with Gasteiger partial charge in [0.2, 0.25) is 11.8 Å². The lowest BCUT2D eigenvalue weighted by atomic mass is 10.2. The van der Waals surface area contributed by atoms with Crippen molar-refractivity contribution in [3.05, 3.63) is 90.2 Å². The molecule has 3 N–H and O–H groups in total. The number of nitrogens with two attached hydrogens (primary N) is 1. The van der Waals surface area contributed by atoms with Crippen LogP contribution in [-0.4, -0.2) is 26.8 Å². The number of sulfonamides is 1. The Bertz CT molecular complexity index is 1170. The summed E-state index contributed by atoms with van der Waals surface area (Å²) in [7, 11) is -4.15. The number of rotatable bonds is 7. The quantitative estimate of drug-likeness (QED) is 0.604. The van der Waals surface area contributed by atoms with Gasteiger partial charge in [0.25, 0.3) is 10.0 Å². The van der Waals surface area contributed by atoms with E-state index in [2.05, 4.69) is 5.32 Å². The van der Waals surface area contributed by atoms with Crippen molar-refractivity contribution in [2.75, 3.05) is 16.2 Å². The first-order valence-electron chi connectivity index (χ1n) is 8.80. The number of anilines is 2. The maximum absolute atomic E-state index is 13.2. The minimum absolute atomic E-state index is 0.156. The third-order valence-electron chi connectivity index (χ3n) is 4.16. The second-order valence-corrected chi connectivity index (χ2v) is 8.16. The monoisotopic (exact) mass is 427 g/mol. The molecule has 0 saturated heterocycles. The number of halogens is 1. The molecule has 0 bridgehead atoms. The molecule has 0 spiro atoms. The number of carbonyl (C=O) groups is 2. The van der Waals surface area contributed by atoms with Crippen LogP contribution in [0.4, 0.5) is 15.8 Å². The van der Waals surface area contributed by atoms with Crippen molar-refractivity contribution in [1.82, 2.24) is 0 Å².